The molecule has 0 aromatic heterocycles. The lowest BCUT2D eigenvalue weighted by molar-refractivity contribution is -0.147. The second-order valence-corrected chi connectivity index (χ2v) is 17.0. The smallest absolute Gasteiger partial charge is 0.472 e. The van der Waals surface area contributed by atoms with E-state index in [2.05, 4.69) is 67.8 Å². The van der Waals surface area contributed by atoms with Gasteiger partial charge in [-0.25, -0.2) is 9.36 Å². The van der Waals surface area contributed by atoms with Crippen LogP contribution in [-0.2, 0) is 32.7 Å². The molecule has 0 fully saturated rings. The average Bonchev–Trinajstić information content (AvgIpc) is 3.21. The number of aliphatic hydroxyl groups excluding tert-OH is 1. The molecule has 3 atom stereocenters. The number of ether oxygens (including phenoxy) is 1. The molecular formula is C47H84NO10P. The normalized spacial score (nSPS) is 14.1. The van der Waals surface area contributed by atoms with Crippen LogP contribution in [0.5, 0.6) is 0 Å². The number of carboxylic acid groups (broad SMARTS) is 1. The first-order chi connectivity index (χ1) is 28.6. The van der Waals surface area contributed by atoms with Gasteiger partial charge in [-0.05, 0) is 70.6 Å². The number of nitrogens with one attached hydrogen (secondary N) is 1. The third-order valence-electron chi connectivity index (χ3n) is 9.85. The number of aliphatic hydroxyl groups is 1. The van der Waals surface area contributed by atoms with Gasteiger partial charge in [-0.2, -0.15) is 0 Å². The van der Waals surface area contributed by atoms with Crippen LogP contribution in [0.4, 0.5) is 0 Å². The number of allylic oxidation sites excluding steroid dienone is 8. The summed E-state index contributed by atoms with van der Waals surface area (Å²) in [5.41, 5.74) is 0. The molecule has 4 N–H and O–H groups in total. The Balaban J connectivity index is 3.89. The lowest BCUT2D eigenvalue weighted by Crippen LogP contribution is -2.43. The van der Waals surface area contributed by atoms with Crippen molar-refractivity contribution in [1.82, 2.24) is 5.32 Å². The molecule has 12 heteroatoms. The third-order valence-corrected chi connectivity index (χ3v) is 10.8. The van der Waals surface area contributed by atoms with Crippen molar-refractivity contribution in [2.45, 2.75) is 212 Å². The van der Waals surface area contributed by atoms with E-state index in [9.17, 15) is 34.1 Å². The highest BCUT2D eigenvalue weighted by Crippen LogP contribution is 2.43. The Morgan fingerprint density at radius 3 is 1.49 bits per heavy atom. The number of hydrogen-bond acceptors (Lipinski definition) is 8. The molecule has 59 heavy (non-hydrogen) atoms. The van der Waals surface area contributed by atoms with Crippen molar-refractivity contribution in [3.05, 3.63) is 48.6 Å². The first kappa shape index (κ1) is 56.4. The Labute approximate surface area is 358 Å². The van der Waals surface area contributed by atoms with Gasteiger partial charge < -0.3 is 25.2 Å². The molecule has 0 aromatic carbocycles. The van der Waals surface area contributed by atoms with Crippen LogP contribution in [0, 0.1) is 0 Å². The Hall–Kier alpha value is -2.56. The first-order valence-electron chi connectivity index (χ1n) is 23.2. The summed E-state index contributed by atoms with van der Waals surface area (Å²) < 4.78 is 26.9. The Bertz CT molecular complexity index is 1190. The number of phosphoric ester groups is 1. The van der Waals surface area contributed by atoms with Gasteiger partial charge in [0.05, 0.1) is 13.2 Å². The largest absolute Gasteiger partial charge is 0.480 e. The zero-order valence-corrected chi connectivity index (χ0v) is 37.9. The quantitative estimate of drug-likeness (QED) is 0.0200. The number of hydrogen-bond donors (Lipinski definition) is 4. The minimum absolute atomic E-state index is 0.139. The zero-order chi connectivity index (χ0) is 43.5. The molecular weight excluding hydrogens is 769 g/mol. The fourth-order valence-electron chi connectivity index (χ4n) is 6.27. The van der Waals surface area contributed by atoms with Crippen molar-refractivity contribution in [2.24, 2.45) is 0 Å². The minimum Gasteiger partial charge on any atom is -0.480 e. The summed E-state index contributed by atoms with van der Waals surface area (Å²) in [6, 6.07) is -1.55. The molecule has 11 nitrogen and oxygen atoms in total. The highest BCUT2D eigenvalue weighted by molar-refractivity contribution is 7.47. The molecule has 342 valence electrons. The predicted octanol–water partition coefficient (Wildman–Crippen LogP) is 12.2. The van der Waals surface area contributed by atoms with Crippen molar-refractivity contribution in [2.75, 3.05) is 19.8 Å². The van der Waals surface area contributed by atoms with Gasteiger partial charge in [-0.3, -0.25) is 18.6 Å². The highest BCUT2D eigenvalue weighted by atomic mass is 31.2. The van der Waals surface area contributed by atoms with Gasteiger partial charge in [0.15, 0.2) is 6.04 Å². The Morgan fingerprint density at radius 2 is 0.983 bits per heavy atom. The molecule has 0 aliphatic rings. The highest BCUT2D eigenvalue weighted by Gasteiger charge is 2.28. The van der Waals surface area contributed by atoms with Crippen LogP contribution in [0.1, 0.15) is 200 Å². The number of unbranched alkanes of at least 4 members (excludes halogenated alkanes) is 21. The predicted molar refractivity (Wildman–Crippen MR) is 240 cm³/mol. The molecule has 0 heterocycles. The zero-order valence-electron chi connectivity index (χ0n) is 37.0. The van der Waals surface area contributed by atoms with E-state index in [1.807, 2.05) is 0 Å². The molecule has 1 amide bonds. The lowest BCUT2D eigenvalue weighted by Gasteiger charge is -2.18. The Morgan fingerprint density at radius 1 is 0.559 bits per heavy atom. The van der Waals surface area contributed by atoms with Crippen LogP contribution < -0.4 is 5.32 Å². The van der Waals surface area contributed by atoms with E-state index in [0.29, 0.717) is 12.8 Å². The van der Waals surface area contributed by atoms with E-state index in [1.54, 1.807) is 0 Å². The van der Waals surface area contributed by atoms with E-state index in [-0.39, 0.29) is 12.8 Å². The summed E-state index contributed by atoms with van der Waals surface area (Å²) in [6.45, 7) is 2.48. The molecule has 0 rings (SSSR count). The third kappa shape index (κ3) is 41.9. The standard InChI is InChI=1S/C47H84NO10P/c1-3-5-7-9-11-13-15-17-19-21-23-24-26-28-30-32-34-36-38-45(50)48-44(47(52)53)42-58-59(54,55)57-41-43(49)40-56-46(51)39-37-35-33-31-29-27-25-22-20-18-16-14-12-10-8-6-4-2/h6,8,12,14,18-21,43-44,49H,3-5,7,9-11,13,15-17,22-42H2,1-2H3,(H,48,50)(H,52,53)(H,54,55)/b8-6-,14-12-,20-18-,21-19-. The number of carbonyl (C=O) groups is 3. The topological polar surface area (TPSA) is 169 Å². The molecule has 0 bridgehead atoms. The van der Waals surface area contributed by atoms with Crippen LogP contribution in [-0.4, -0.2) is 64.9 Å². The van der Waals surface area contributed by atoms with Gasteiger partial charge >= 0.3 is 19.8 Å². The second kappa shape index (κ2) is 42.1. The van der Waals surface area contributed by atoms with Crippen LogP contribution in [0.2, 0.25) is 0 Å². The minimum atomic E-state index is -4.76. The summed E-state index contributed by atoms with van der Waals surface area (Å²) in [4.78, 5) is 46.0. The summed E-state index contributed by atoms with van der Waals surface area (Å²) >= 11 is 0. The number of rotatable bonds is 43. The maximum Gasteiger partial charge on any atom is 0.472 e. The first-order valence-corrected chi connectivity index (χ1v) is 24.7. The van der Waals surface area contributed by atoms with Crippen molar-refractivity contribution in [1.29, 1.82) is 0 Å². The molecule has 0 aromatic rings. The molecule has 0 spiro atoms. The van der Waals surface area contributed by atoms with Gasteiger partial charge in [0, 0.05) is 12.8 Å². The van der Waals surface area contributed by atoms with E-state index in [1.165, 1.54) is 77.0 Å². The number of carboxylic acids is 1. The molecule has 0 radical (unpaired) electrons. The molecule has 0 aliphatic carbocycles. The van der Waals surface area contributed by atoms with E-state index < -0.39 is 57.6 Å². The fraction of sp³-hybridized carbons (Fsp3) is 0.766. The van der Waals surface area contributed by atoms with Gasteiger partial charge in [0.25, 0.3) is 0 Å². The summed E-state index contributed by atoms with van der Waals surface area (Å²) in [6.07, 6.45) is 47.0. The number of phosphoric acid groups is 1. The lowest BCUT2D eigenvalue weighted by atomic mass is 10.1. The van der Waals surface area contributed by atoms with Crippen LogP contribution >= 0.6 is 7.82 Å². The number of amides is 1. The average molecular weight is 854 g/mol. The van der Waals surface area contributed by atoms with Gasteiger partial charge in [0.1, 0.15) is 12.7 Å². The second-order valence-electron chi connectivity index (χ2n) is 15.6. The van der Waals surface area contributed by atoms with E-state index in [4.69, 9.17) is 13.8 Å². The van der Waals surface area contributed by atoms with Crippen LogP contribution in [0.25, 0.3) is 0 Å². The van der Waals surface area contributed by atoms with E-state index in [0.717, 1.165) is 83.5 Å². The monoisotopic (exact) mass is 854 g/mol. The SMILES string of the molecule is CC/C=C\C/C=C\C/C=C\CCCCCCCCCC(=O)OCC(O)COP(=O)(O)OCC(NC(=O)CCCCCCCCC/C=C\CCCCCCCCC)C(=O)O. The van der Waals surface area contributed by atoms with Crippen molar-refractivity contribution >= 4 is 25.7 Å². The van der Waals surface area contributed by atoms with Crippen molar-refractivity contribution in [3.8, 4) is 0 Å². The van der Waals surface area contributed by atoms with Crippen LogP contribution in [0.15, 0.2) is 48.6 Å². The fourth-order valence-corrected chi connectivity index (χ4v) is 7.04. The number of carbonyl (C=O) groups excluding carboxylic acids is 2. The molecule has 3 unspecified atom stereocenters. The number of esters is 1. The summed E-state index contributed by atoms with van der Waals surface area (Å²) in [5.74, 6) is -2.39. The molecule has 0 aliphatic heterocycles. The van der Waals surface area contributed by atoms with Crippen LogP contribution in [0.3, 0.4) is 0 Å². The maximum atomic E-state index is 12.3. The number of aliphatic carboxylic acids is 1. The maximum absolute atomic E-state index is 12.3. The van der Waals surface area contributed by atoms with Gasteiger partial charge in [0.2, 0.25) is 5.91 Å². The van der Waals surface area contributed by atoms with Gasteiger partial charge in [-0.1, -0.05) is 165 Å². The Kier molecular flexibility index (Phi) is 40.3. The van der Waals surface area contributed by atoms with Crippen molar-refractivity contribution in [3.63, 3.8) is 0 Å². The van der Waals surface area contributed by atoms with Crippen molar-refractivity contribution < 1.29 is 47.8 Å². The van der Waals surface area contributed by atoms with Gasteiger partial charge in [-0.15, -0.1) is 0 Å². The van der Waals surface area contributed by atoms with E-state index >= 15 is 0 Å². The summed E-state index contributed by atoms with van der Waals surface area (Å²) in [7, 11) is -4.76. The molecule has 0 saturated carbocycles. The summed E-state index contributed by atoms with van der Waals surface area (Å²) in [5, 5.41) is 21.9. The molecule has 0 saturated heterocycles.